The lowest BCUT2D eigenvalue weighted by molar-refractivity contribution is 0.581. The highest BCUT2D eigenvalue weighted by molar-refractivity contribution is 5.58. The summed E-state index contributed by atoms with van der Waals surface area (Å²) in [5, 5.41) is 12.5. The molecule has 0 aliphatic rings. The summed E-state index contributed by atoms with van der Waals surface area (Å²) < 4.78 is 0. The van der Waals surface area contributed by atoms with Gasteiger partial charge in [0.2, 0.25) is 0 Å². The van der Waals surface area contributed by atoms with Gasteiger partial charge >= 0.3 is 0 Å². The third kappa shape index (κ3) is 6.61. The number of hydrogen-bond donors (Lipinski definition) is 1. The Kier molecular flexibility index (Phi) is 8.54. The number of benzene rings is 1. The predicted molar refractivity (Wildman–Crippen MR) is 87.0 cm³/mol. The van der Waals surface area contributed by atoms with Crippen LogP contribution in [0, 0.1) is 18.3 Å². The number of rotatable bonds is 10. The Labute approximate surface area is 124 Å². The molecule has 2 nitrogen and oxygen atoms in total. The number of nitrogens with zero attached hydrogens (tertiary/aromatic N) is 1. The summed E-state index contributed by atoms with van der Waals surface area (Å²) in [5.41, 5.74) is 2.92. The lowest BCUT2D eigenvalue weighted by Crippen LogP contribution is -2.03. The first-order valence-electron chi connectivity index (χ1n) is 8.02. The quantitative estimate of drug-likeness (QED) is 0.577. The maximum absolute atomic E-state index is 9.06. The van der Waals surface area contributed by atoms with Gasteiger partial charge in [0.25, 0.3) is 0 Å². The Morgan fingerprint density at radius 1 is 1.00 bits per heavy atom. The Bertz CT molecular complexity index is 418. The minimum absolute atomic E-state index is 0.746. The molecule has 0 atom stereocenters. The molecule has 0 aliphatic heterocycles. The van der Waals surface area contributed by atoms with Crippen LogP contribution in [0.4, 0.5) is 5.69 Å². The third-order valence-corrected chi connectivity index (χ3v) is 3.64. The van der Waals surface area contributed by atoms with E-state index in [9.17, 15) is 0 Å². The largest absolute Gasteiger partial charge is 0.384 e. The van der Waals surface area contributed by atoms with Gasteiger partial charge in [0, 0.05) is 6.54 Å². The normalized spacial score (nSPS) is 10.2. The Morgan fingerprint density at radius 2 is 1.65 bits per heavy atom. The topological polar surface area (TPSA) is 35.8 Å². The monoisotopic (exact) mass is 272 g/mol. The van der Waals surface area contributed by atoms with Crippen molar-refractivity contribution in [2.45, 2.75) is 65.2 Å². The van der Waals surface area contributed by atoms with Gasteiger partial charge in [-0.25, -0.2) is 0 Å². The smallest absolute Gasteiger partial charge is 0.101 e. The Morgan fingerprint density at radius 3 is 2.30 bits per heavy atom. The number of unbranched alkanes of at least 4 members (excludes halogenated alkanes) is 7. The molecule has 0 saturated heterocycles. The summed E-state index contributed by atoms with van der Waals surface area (Å²) in [5.74, 6) is 0. The van der Waals surface area contributed by atoms with Crippen LogP contribution in [0.1, 0.15) is 69.4 Å². The van der Waals surface area contributed by atoms with E-state index < -0.39 is 0 Å². The molecule has 0 unspecified atom stereocenters. The van der Waals surface area contributed by atoms with Gasteiger partial charge in [0.1, 0.15) is 6.07 Å². The lowest BCUT2D eigenvalue weighted by Gasteiger charge is -2.09. The fraction of sp³-hybridized carbons (Fsp3) is 0.611. The molecule has 1 rings (SSSR count). The number of nitriles is 1. The summed E-state index contributed by atoms with van der Waals surface area (Å²) in [6, 6.07) is 8.18. The first-order chi connectivity index (χ1) is 9.77. The highest BCUT2D eigenvalue weighted by Crippen LogP contribution is 2.17. The lowest BCUT2D eigenvalue weighted by atomic mass is 10.1. The van der Waals surface area contributed by atoms with Gasteiger partial charge in [-0.3, -0.25) is 0 Å². The summed E-state index contributed by atoms with van der Waals surface area (Å²) >= 11 is 0. The van der Waals surface area contributed by atoms with Crippen molar-refractivity contribution in [1.29, 1.82) is 5.26 Å². The van der Waals surface area contributed by atoms with Crippen molar-refractivity contribution in [3.63, 3.8) is 0 Å². The zero-order chi connectivity index (χ0) is 14.6. The zero-order valence-electron chi connectivity index (χ0n) is 13.0. The van der Waals surface area contributed by atoms with Crippen molar-refractivity contribution >= 4 is 5.69 Å². The second kappa shape index (κ2) is 10.3. The van der Waals surface area contributed by atoms with Gasteiger partial charge in [0.15, 0.2) is 0 Å². The second-order valence-electron chi connectivity index (χ2n) is 5.56. The summed E-state index contributed by atoms with van der Waals surface area (Å²) in [4.78, 5) is 0. The Balaban J connectivity index is 2.12. The Hall–Kier alpha value is -1.49. The highest BCUT2D eigenvalue weighted by Gasteiger charge is 2.01. The molecular formula is C18H28N2. The number of aryl methyl sites for hydroxylation is 1. The minimum Gasteiger partial charge on any atom is -0.384 e. The van der Waals surface area contributed by atoms with Crippen LogP contribution in [0.3, 0.4) is 0 Å². The molecule has 1 aromatic carbocycles. The molecule has 0 heterocycles. The molecule has 0 aromatic heterocycles. The van der Waals surface area contributed by atoms with Crippen molar-refractivity contribution in [2.24, 2.45) is 0 Å². The molecule has 2 heteroatoms. The van der Waals surface area contributed by atoms with E-state index in [1.54, 1.807) is 0 Å². The molecular weight excluding hydrogens is 244 g/mol. The second-order valence-corrected chi connectivity index (χ2v) is 5.56. The molecule has 0 radical (unpaired) electrons. The molecule has 0 aliphatic carbocycles. The van der Waals surface area contributed by atoms with Crippen molar-refractivity contribution in [3.8, 4) is 6.07 Å². The molecule has 1 aromatic rings. The van der Waals surface area contributed by atoms with Crippen LogP contribution in [0.15, 0.2) is 18.2 Å². The van der Waals surface area contributed by atoms with E-state index in [1.807, 2.05) is 12.1 Å². The number of nitrogens with one attached hydrogen (secondary N) is 1. The van der Waals surface area contributed by atoms with E-state index >= 15 is 0 Å². The molecule has 20 heavy (non-hydrogen) atoms. The fourth-order valence-electron chi connectivity index (χ4n) is 2.38. The third-order valence-electron chi connectivity index (χ3n) is 3.64. The van der Waals surface area contributed by atoms with Crippen LogP contribution in [0.2, 0.25) is 0 Å². The number of anilines is 1. The van der Waals surface area contributed by atoms with Gasteiger partial charge in [-0.05, 0) is 31.0 Å². The average molecular weight is 272 g/mol. The van der Waals surface area contributed by atoms with Gasteiger partial charge in [-0.2, -0.15) is 5.26 Å². The molecule has 0 spiro atoms. The highest BCUT2D eigenvalue weighted by atomic mass is 14.9. The molecule has 0 bridgehead atoms. The number of hydrogen-bond acceptors (Lipinski definition) is 2. The van der Waals surface area contributed by atoms with Gasteiger partial charge in [0.05, 0.1) is 11.3 Å². The SMILES string of the molecule is CCCCCCCCCCNc1cc(C)ccc1C#N. The fourth-order valence-corrected chi connectivity index (χ4v) is 2.38. The summed E-state index contributed by atoms with van der Waals surface area (Å²) in [7, 11) is 0. The maximum Gasteiger partial charge on any atom is 0.101 e. The summed E-state index contributed by atoms with van der Waals surface area (Å²) in [6.07, 6.45) is 10.7. The van der Waals surface area contributed by atoms with Crippen LogP contribution >= 0.6 is 0 Å². The van der Waals surface area contributed by atoms with Crippen LogP contribution in [-0.2, 0) is 0 Å². The molecule has 0 amide bonds. The van der Waals surface area contributed by atoms with Gasteiger partial charge in [-0.15, -0.1) is 0 Å². The average Bonchev–Trinajstić information content (AvgIpc) is 2.46. The molecule has 0 fully saturated rings. The van der Waals surface area contributed by atoms with E-state index in [4.69, 9.17) is 5.26 Å². The van der Waals surface area contributed by atoms with E-state index in [2.05, 4.69) is 31.3 Å². The first-order valence-corrected chi connectivity index (χ1v) is 8.02. The van der Waals surface area contributed by atoms with E-state index in [1.165, 1.54) is 56.9 Å². The van der Waals surface area contributed by atoms with Crippen LogP contribution in [-0.4, -0.2) is 6.54 Å². The van der Waals surface area contributed by atoms with Crippen molar-refractivity contribution in [1.82, 2.24) is 0 Å². The van der Waals surface area contributed by atoms with Crippen molar-refractivity contribution < 1.29 is 0 Å². The predicted octanol–water partition coefficient (Wildman–Crippen LogP) is 5.42. The van der Waals surface area contributed by atoms with E-state index in [-0.39, 0.29) is 0 Å². The van der Waals surface area contributed by atoms with Crippen LogP contribution in [0.25, 0.3) is 0 Å². The van der Waals surface area contributed by atoms with E-state index in [0.717, 1.165) is 17.8 Å². The summed E-state index contributed by atoms with van der Waals surface area (Å²) in [6.45, 7) is 5.28. The minimum atomic E-state index is 0.746. The van der Waals surface area contributed by atoms with Crippen LogP contribution in [0.5, 0.6) is 0 Å². The van der Waals surface area contributed by atoms with Gasteiger partial charge < -0.3 is 5.32 Å². The van der Waals surface area contributed by atoms with Crippen LogP contribution < -0.4 is 5.32 Å². The molecule has 110 valence electrons. The zero-order valence-corrected chi connectivity index (χ0v) is 13.0. The van der Waals surface area contributed by atoms with Crippen molar-refractivity contribution in [2.75, 3.05) is 11.9 Å². The van der Waals surface area contributed by atoms with E-state index in [0.29, 0.717) is 0 Å². The van der Waals surface area contributed by atoms with Crippen molar-refractivity contribution in [3.05, 3.63) is 29.3 Å². The maximum atomic E-state index is 9.06. The molecule has 1 N–H and O–H groups in total. The standard InChI is InChI=1S/C18H28N2/c1-3-4-5-6-7-8-9-10-13-20-18-14-16(2)11-12-17(18)15-19/h11-12,14,20H,3-10,13H2,1-2H3. The van der Waals surface area contributed by atoms with Gasteiger partial charge in [-0.1, -0.05) is 57.9 Å². The first kappa shape index (κ1) is 16.6. The molecule has 0 saturated carbocycles.